The van der Waals surface area contributed by atoms with Crippen LogP contribution in [-0.2, 0) is 6.54 Å². The molecule has 2 aromatic heterocycles. The minimum atomic E-state index is 0.138. The molecule has 4 heterocycles. The van der Waals surface area contributed by atoms with Crippen LogP contribution >= 0.6 is 11.3 Å². The van der Waals surface area contributed by atoms with Gasteiger partial charge in [0.1, 0.15) is 0 Å². The fourth-order valence-corrected chi connectivity index (χ4v) is 5.20. The summed E-state index contributed by atoms with van der Waals surface area (Å²) in [5.74, 6) is 0.138. The van der Waals surface area contributed by atoms with Gasteiger partial charge in [-0.25, -0.2) is 0 Å². The number of fused-ring (bicyclic) bond motifs is 2. The Morgan fingerprint density at radius 1 is 0.964 bits per heavy atom. The van der Waals surface area contributed by atoms with Gasteiger partial charge in [0.15, 0.2) is 0 Å². The highest BCUT2D eigenvalue weighted by molar-refractivity contribution is 7.08. The highest BCUT2D eigenvalue weighted by Crippen LogP contribution is 2.32. The number of carbonyl (C=O) groups is 1. The van der Waals surface area contributed by atoms with Gasteiger partial charge in [-0.3, -0.25) is 14.7 Å². The minimum absolute atomic E-state index is 0.138. The van der Waals surface area contributed by atoms with E-state index in [1.807, 2.05) is 17.0 Å². The van der Waals surface area contributed by atoms with E-state index in [-0.39, 0.29) is 5.91 Å². The van der Waals surface area contributed by atoms with Crippen molar-refractivity contribution in [1.29, 1.82) is 0 Å². The molecule has 2 saturated heterocycles. The highest BCUT2D eigenvalue weighted by atomic mass is 32.1. The number of nitrogens with zero attached hydrogens (tertiary/aromatic N) is 3. The number of thiophene rings is 1. The second-order valence-electron chi connectivity index (χ2n) is 7.71. The third-order valence-corrected chi connectivity index (χ3v) is 6.70. The molecule has 0 saturated carbocycles. The van der Waals surface area contributed by atoms with E-state index in [4.69, 9.17) is 0 Å². The van der Waals surface area contributed by atoms with Gasteiger partial charge in [0.25, 0.3) is 5.91 Å². The van der Waals surface area contributed by atoms with Crippen LogP contribution in [0, 0.1) is 0 Å². The van der Waals surface area contributed by atoms with E-state index in [2.05, 4.69) is 51.0 Å². The van der Waals surface area contributed by atoms with E-state index >= 15 is 0 Å². The molecular weight excluding hydrogens is 366 g/mol. The molecule has 0 radical (unpaired) electrons. The Balaban J connectivity index is 1.26. The summed E-state index contributed by atoms with van der Waals surface area (Å²) in [4.78, 5) is 21.5. The molecule has 1 amide bonds. The number of hydrogen-bond donors (Lipinski definition) is 0. The van der Waals surface area contributed by atoms with Crippen molar-refractivity contribution >= 4 is 17.2 Å². The van der Waals surface area contributed by atoms with Gasteiger partial charge < -0.3 is 4.90 Å². The highest BCUT2D eigenvalue weighted by Gasteiger charge is 2.41. The van der Waals surface area contributed by atoms with Gasteiger partial charge in [-0.05, 0) is 58.5 Å². The third kappa shape index (κ3) is 3.36. The van der Waals surface area contributed by atoms with E-state index in [1.54, 1.807) is 23.7 Å². The third-order valence-electron chi connectivity index (χ3n) is 6.02. The first-order valence-corrected chi connectivity index (χ1v) is 10.8. The second-order valence-corrected chi connectivity index (χ2v) is 8.49. The summed E-state index contributed by atoms with van der Waals surface area (Å²) in [5.41, 5.74) is 4.66. The lowest BCUT2D eigenvalue weighted by Gasteiger charge is -2.41. The molecule has 4 nitrogen and oxygen atoms in total. The Morgan fingerprint density at radius 2 is 1.68 bits per heavy atom. The fraction of sp³-hybridized carbons (Fsp3) is 0.304. The average Bonchev–Trinajstić information content (AvgIpc) is 3.35. The molecule has 28 heavy (non-hydrogen) atoms. The van der Waals surface area contributed by atoms with Crippen molar-refractivity contribution in [2.45, 2.75) is 31.5 Å². The summed E-state index contributed by atoms with van der Waals surface area (Å²) in [6.45, 7) is 2.62. The molecule has 142 valence electrons. The summed E-state index contributed by atoms with van der Waals surface area (Å²) in [5, 5.41) is 4.31. The van der Waals surface area contributed by atoms with Crippen molar-refractivity contribution in [3.05, 3.63) is 76.7 Å². The molecule has 0 spiro atoms. The Hall–Kier alpha value is -2.50. The molecule has 2 bridgehead atoms. The van der Waals surface area contributed by atoms with Gasteiger partial charge in [0.05, 0.1) is 0 Å². The lowest BCUT2D eigenvalue weighted by atomic mass is 10.1. The summed E-state index contributed by atoms with van der Waals surface area (Å²) in [7, 11) is 0. The first-order chi connectivity index (χ1) is 13.8. The molecule has 5 rings (SSSR count). The number of hydrogen-bond acceptors (Lipinski definition) is 4. The van der Waals surface area contributed by atoms with Crippen LogP contribution in [0.4, 0.5) is 0 Å². The Morgan fingerprint density at radius 3 is 2.32 bits per heavy atom. The molecule has 2 atom stereocenters. The fourth-order valence-electron chi connectivity index (χ4n) is 4.53. The van der Waals surface area contributed by atoms with Crippen molar-refractivity contribution < 1.29 is 4.79 Å². The van der Waals surface area contributed by atoms with Crippen molar-refractivity contribution in [3.63, 3.8) is 0 Å². The average molecular weight is 390 g/mol. The maximum Gasteiger partial charge on any atom is 0.254 e. The smallest absolute Gasteiger partial charge is 0.254 e. The number of benzene rings is 1. The van der Waals surface area contributed by atoms with Crippen LogP contribution in [0.15, 0.2) is 65.6 Å². The van der Waals surface area contributed by atoms with E-state index in [0.717, 1.165) is 25.2 Å². The van der Waals surface area contributed by atoms with Gasteiger partial charge in [-0.2, -0.15) is 11.3 Å². The molecule has 2 aliphatic rings. The summed E-state index contributed by atoms with van der Waals surface area (Å²) < 4.78 is 0. The monoisotopic (exact) mass is 389 g/mol. The van der Waals surface area contributed by atoms with Crippen LogP contribution < -0.4 is 0 Å². The van der Waals surface area contributed by atoms with Crippen LogP contribution in [0.25, 0.3) is 11.1 Å². The SMILES string of the molecule is O=C(c1ccncc1)N1CC2CCC(C1)N2Cc1ccc(-c2ccsc2)cc1. The number of pyridine rings is 1. The Bertz CT molecular complexity index is 926. The lowest BCUT2D eigenvalue weighted by Crippen LogP contribution is -2.54. The molecule has 2 unspecified atom stereocenters. The van der Waals surface area contributed by atoms with E-state index in [1.165, 1.54) is 29.5 Å². The minimum Gasteiger partial charge on any atom is -0.336 e. The van der Waals surface area contributed by atoms with Gasteiger partial charge in [0, 0.05) is 49.7 Å². The molecule has 0 N–H and O–H groups in total. The van der Waals surface area contributed by atoms with Gasteiger partial charge in [0.2, 0.25) is 0 Å². The zero-order chi connectivity index (χ0) is 18.9. The Labute approximate surface area is 169 Å². The molecular formula is C23H23N3OS. The van der Waals surface area contributed by atoms with Crippen molar-refractivity contribution in [2.24, 2.45) is 0 Å². The topological polar surface area (TPSA) is 36.4 Å². The predicted molar refractivity (Wildman–Crippen MR) is 112 cm³/mol. The lowest BCUT2D eigenvalue weighted by molar-refractivity contribution is 0.0423. The van der Waals surface area contributed by atoms with E-state index in [9.17, 15) is 4.79 Å². The van der Waals surface area contributed by atoms with Gasteiger partial charge in [-0.15, -0.1) is 0 Å². The van der Waals surface area contributed by atoms with E-state index in [0.29, 0.717) is 12.1 Å². The number of likely N-dealkylation sites (tertiary alicyclic amines) is 1. The van der Waals surface area contributed by atoms with Crippen LogP contribution in [-0.4, -0.2) is 45.9 Å². The van der Waals surface area contributed by atoms with Crippen LogP contribution in [0.3, 0.4) is 0 Å². The van der Waals surface area contributed by atoms with Crippen LogP contribution in [0.5, 0.6) is 0 Å². The second kappa shape index (κ2) is 7.49. The summed E-state index contributed by atoms with van der Waals surface area (Å²) in [6, 6.07) is 15.7. The van der Waals surface area contributed by atoms with Gasteiger partial charge in [-0.1, -0.05) is 24.3 Å². The summed E-state index contributed by atoms with van der Waals surface area (Å²) >= 11 is 1.73. The largest absolute Gasteiger partial charge is 0.336 e. The zero-order valence-electron chi connectivity index (χ0n) is 15.7. The van der Waals surface area contributed by atoms with Crippen molar-refractivity contribution in [1.82, 2.24) is 14.8 Å². The number of amides is 1. The quantitative estimate of drug-likeness (QED) is 0.668. The predicted octanol–water partition coefficient (Wildman–Crippen LogP) is 4.30. The number of aromatic nitrogens is 1. The molecule has 2 aliphatic heterocycles. The molecule has 5 heteroatoms. The van der Waals surface area contributed by atoms with Crippen LogP contribution in [0.2, 0.25) is 0 Å². The van der Waals surface area contributed by atoms with E-state index < -0.39 is 0 Å². The molecule has 1 aromatic carbocycles. The van der Waals surface area contributed by atoms with Gasteiger partial charge >= 0.3 is 0 Å². The number of carbonyl (C=O) groups excluding carboxylic acids is 1. The molecule has 0 aliphatic carbocycles. The standard InChI is InChI=1S/C23H23N3OS/c27-23(19-7-10-24-11-8-19)25-14-21-5-6-22(15-25)26(21)13-17-1-3-18(4-2-17)20-9-12-28-16-20/h1-4,7-12,16,21-22H,5-6,13-15H2. The van der Waals surface area contributed by atoms with Crippen molar-refractivity contribution in [2.75, 3.05) is 13.1 Å². The molecule has 2 fully saturated rings. The first kappa shape index (κ1) is 17.6. The Kier molecular flexibility index (Phi) is 4.71. The van der Waals surface area contributed by atoms with Crippen molar-refractivity contribution in [3.8, 4) is 11.1 Å². The molecule has 3 aromatic rings. The zero-order valence-corrected chi connectivity index (χ0v) is 16.5. The number of rotatable bonds is 4. The van der Waals surface area contributed by atoms with Crippen LogP contribution in [0.1, 0.15) is 28.8 Å². The number of piperazine rings is 1. The normalized spacial score (nSPS) is 21.8. The maximum absolute atomic E-state index is 12.8. The maximum atomic E-state index is 12.8. The first-order valence-electron chi connectivity index (χ1n) is 9.84. The summed E-state index contributed by atoms with van der Waals surface area (Å²) in [6.07, 6.45) is 5.74.